The van der Waals surface area contributed by atoms with E-state index < -0.39 is 52.0 Å². The SMILES string of the molecule is O=C(OCCCCC(F)(F)F)OS(=O)(=O)c1cccc(-c2ccc(F)cc2)c1-c1ccc(F)cc1. The maximum atomic E-state index is 13.5. The molecule has 0 radical (unpaired) electrons. The van der Waals surface area contributed by atoms with Gasteiger partial charge in [0, 0.05) is 12.0 Å². The fourth-order valence-electron chi connectivity index (χ4n) is 3.27. The van der Waals surface area contributed by atoms with Crippen LogP contribution in [0.1, 0.15) is 19.3 Å². The van der Waals surface area contributed by atoms with Gasteiger partial charge in [-0.1, -0.05) is 36.4 Å². The average molecular weight is 514 g/mol. The zero-order valence-electron chi connectivity index (χ0n) is 18.0. The van der Waals surface area contributed by atoms with Crippen LogP contribution in [0.5, 0.6) is 0 Å². The molecule has 0 aromatic heterocycles. The van der Waals surface area contributed by atoms with Crippen molar-refractivity contribution in [1.82, 2.24) is 0 Å². The van der Waals surface area contributed by atoms with Crippen molar-refractivity contribution in [1.29, 1.82) is 0 Å². The molecule has 0 spiro atoms. The smallest absolute Gasteiger partial charge is 0.433 e. The van der Waals surface area contributed by atoms with E-state index in [1.165, 1.54) is 42.5 Å². The molecule has 0 amide bonds. The van der Waals surface area contributed by atoms with Crippen molar-refractivity contribution in [2.75, 3.05) is 6.61 Å². The number of hydrogen-bond donors (Lipinski definition) is 0. The lowest BCUT2D eigenvalue weighted by atomic mass is 9.94. The molecule has 0 bridgehead atoms. The Morgan fingerprint density at radius 2 is 1.37 bits per heavy atom. The van der Waals surface area contributed by atoms with Gasteiger partial charge in [0.25, 0.3) is 0 Å². The Morgan fingerprint density at radius 3 is 1.94 bits per heavy atom. The summed E-state index contributed by atoms with van der Waals surface area (Å²) in [6.07, 6.45) is -7.47. The minimum Gasteiger partial charge on any atom is -0.433 e. The van der Waals surface area contributed by atoms with Gasteiger partial charge in [-0.2, -0.15) is 21.6 Å². The summed E-state index contributed by atoms with van der Waals surface area (Å²) in [7, 11) is -4.78. The van der Waals surface area contributed by atoms with Crippen molar-refractivity contribution in [2.24, 2.45) is 0 Å². The summed E-state index contributed by atoms with van der Waals surface area (Å²) in [5.41, 5.74) is 1.11. The predicted octanol–water partition coefficient (Wildman–Crippen LogP) is 6.87. The quantitative estimate of drug-likeness (QED) is 0.142. The molecular weight excluding hydrogens is 495 g/mol. The summed E-state index contributed by atoms with van der Waals surface area (Å²) in [5.74, 6) is -1.08. The molecule has 3 rings (SSSR count). The van der Waals surface area contributed by atoms with Crippen molar-refractivity contribution < 1.29 is 44.1 Å². The van der Waals surface area contributed by atoms with Crippen molar-refractivity contribution in [3.8, 4) is 22.3 Å². The molecule has 0 saturated heterocycles. The maximum absolute atomic E-state index is 13.5. The molecule has 0 aliphatic carbocycles. The van der Waals surface area contributed by atoms with Crippen LogP contribution in [-0.4, -0.2) is 27.4 Å². The molecule has 0 aliphatic heterocycles. The summed E-state index contributed by atoms with van der Waals surface area (Å²) in [5, 5.41) is 0. The summed E-state index contributed by atoms with van der Waals surface area (Å²) in [6, 6.07) is 14.2. The van der Waals surface area contributed by atoms with Gasteiger partial charge in [-0.05, 0) is 59.9 Å². The van der Waals surface area contributed by atoms with Crippen molar-refractivity contribution in [3.05, 3.63) is 78.4 Å². The van der Waals surface area contributed by atoms with E-state index in [-0.39, 0.29) is 24.0 Å². The number of carbonyl (C=O) groups is 1. The van der Waals surface area contributed by atoms with Gasteiger partial charge in [0.1, 0.15) is 16.5 Å². The Bertz CT molecular complexity index is 1270. The van der Waals surface area contributed by atoms with Gasteiger partial charge >= 0.3 is 22.4 Å². The lowest BCUT2D eigenvalue weighted by molar-refractivity contribution is -0.135. The molecule has 0 atom stereocenters. The van der Waals surface area contributed by atoms with Crippen LogP contribution < -0.4 is 0 Å². The van der Waals surface area contributed by atoms with E-state index in [0.29, 0.717) is 11.1 Å². The number of benzene rings is 3. The molecule has 5 nitrogen and oxygen atoms in total. The fraction of sp³-hybridized carbons (Fsp3) is 0.208. The zero-order valence-corrected chi connectivity index (χ0v) is 18.8. The third-order valence-electron chi connectivity index (χ3n) is 4.84. The highest BCUT2D eigenvalue weighted by molar-refractivity contribution is 7.87. The molecule has 3 aromatic carbocycles. The second kappa shape index (κ2) is 10.9. The molecule has 0 N–H and O–H groups in total. The number of halogens is 5. The van der Waals surface area contributed by atoms with E-state index in [0.717, 1.165) is 18.2 Å². The van der Waals surface area contributed by atoms with Gasteiger partial charge in [-0.3, -0.25) is 0 Å². The van der Waals surface area contributed by atoms with E-state index in [1.807, 2.05) is 0 Å². The minimum absolute atomic E-state index is 0.0667. The first-order chi connectivity index (χ1) is 16.5. The van der Waals surface area contributed by atoms with Crippen LogP contribution in [0.15, 0.2) is 71.6 Å². The van der Waals surface area contributed by atoms with Crippen LogP contribution in [0.2, 0.25) is 0 Å². The number of ether oxygens (including phenoxy) is 1. The van der Waals surface area contributed by atoms with E-state index in [9.17, 15) is 35.2 Å². The first kappa shape index (κ1) is 26.1. The highest BCUT2D eigenvalue weighted by atomic mass is 32.2. The van der Waals surface area contributed by atoms with Gasteiger partial charge in [-0.15, -0.1) is 0 Å². The second-order valence-electron chi connectivity index (χ2n) is 7.40. The Hall–Kier alpha value is -3.47. The number of alkyl halides is 3. The highest BCUT2D eigenvalue weighted by Gasteiger charge is 2.28. The summed E-state index contributed by atoms with van der Waals surface area (Å²) in [4.78, 5) is 11.5. The third-order valence-corrected chi connectivity index (χ3v) is 6.07. The Balaban J connectivity index is 1.90. The molecule has 186 valence electrons. The molecule has 0 heterocycles. The van der Waals surface area contributed by atoms with Gasteiger partial charge in [0.15, 0.2) is 0 Å². The number of rotatable bonds is 8. The lowest BCUT2D eigenvalue weighted by Crippen LogP contribution is -2.16. The fourth-order valence-corrected chi connectivity index (χ4v) is 4.31. The normalized spacial score (nSPS) is 11.8. The number of unbranched alkanes of at least 4 members (excludes halogenated alkanes) is 1. The molecule has 0 saturated carbocycles. The lowest BCUT2D eigenvalue weighted by Gasteiger charge is -2.16. The van der Waals surface area contributed by atoms with Gasteiger partial charge in [-0.25, -0.2) is 13.6 Å². The van der Waals surface area contributed by atoms with E-state index in [2.05, 4.69) is 8.92 Å². The first-order valence-corrected chi connectivity index (χ1v) is 11.7. The van der Waals surface area contributed by atoms with Crippen LogP contribution in [0.25, 0.3) is 22.3 Å². The largest absolute Gasteiger partial charge is 0.524 e. The average Bonchev–Trinajstić information content (AvgIpc) is 2.78. The molecule has 0 fully saturated rings. The first-order valence-electron chi connectivity index (χ1n) is 10.3. The van der Waals surface area contributed by atoms with Crippen LogP contribution in [0.3, 0.4) is 0 Å². The van der Waals surface area contributed by atoms with Crippen LogP contribution >= 0.6 is 0 Å². The van der Waals surface area contributed by atoms with E-state index in [1.54, 1.807) is 6.07 Å². The Labute approximate surface area is 198 Å². The van der Waals surface area contributed by atoms with Crippen LogP contribution in [-0.2, 0) is 19.0 Å². The van der Waals surface area contributed by atoms with Gasteiger partial charge in [0.05, 0.1) is 6.61 Å². The standard InChI is InChI=1S/C24H19F5O5S/c25-18-10-6-16(7-11-18)20-4-3-5-21(22(20)17-8-12-19(26)13-9-17)35(31,32)34-23(30)33-15-2-1-14-24(27,28)29/h3-13H,1-2,14-15H2. The number of carbonyl (C=O) groups excluding carboxylic acids is 1. The Kier molecular flexibility index (Phi) is 8.11. The molecular formula is C24H19F5O5S. The second-order valence-corrected chi connectivity index (χ2v) is 8.92. The monoisotopic (exact) mass is 514 g/mol. The Morgan fingerprint density at radius 1 is 0.800 bits per heavy atom. The molecule has 11 heteroatoms. The minimum atomic E-state index is -4.78. The zero-order chi connectivity index (χ0) is 25.6. The van der Waals surface area contributed by atoms with E-state index >= 15 is 0 Å². The van der Waals surface area contributed by atoms with Crippen molar-refractivity contribution in [2.45, 2.75) is 30.3 Å². The van der Waals surface area contributed by atoms with Gasteiger partial charge < -0.3 is 8.92 Å². The maximum Gasteiger partial charge on any atom is 0.524 e. The summed E-state index contributed by atoms with van der Waals surface area (Å²) < 4.78 is 98.5. The molecule has 0 unspecified atom stereocenters. The topological polar surface area (TPSA) is 69.7 Å². The van der Waals surface area contributed by atoms with Crippen molar-refractivity contribution in [3.63, 3.8) is 0 Å². The molecule has 3 aromatic rings. The van der Waals surface area contributed by atoms with Crippen LogP contribution in [0.4, 0.5) is 26.7 Å². The highest BCUT2D eigenvalue weighted by Crippen LogP contribution is 2.38. The summed E-state index contributed by atoms with van der Waals surface area (Å²) in [6.45, 7) is -0.467. The molecule has 0 aliphatic rings. The predicted molar refractivity (Wildman–Crippen MR) is 117 cm³/mol. The third kappa shape index (κ3) is 7.25. The number of hydrogen-bond acceptors (Lipinski definition) is 5. The van der Waals surface area contributed by atoms with E-state index in [4.69, 9.17) is 0 Å². The summed E-state index contributed by atoms with van der Waals surface area (Å²) >= 11 is 0. The van der Waals surface area contributed by atoms with Gasteiger partial charge in [0.2, 0.25) is 0 Å². The molecule has 35 heavy (non-hydrogen) atoms. The van der Waals surface area contributed by atoms with Crippen molar-refractivity contribution >= 4 is 16.3 Å². The van der Waals surface area contributed by atoms with Crippen LogP contribution in [0, 0.1) is 11.6 Å².